The normalized spacial score (nSPS) is 36.7. The lowest BCUT2D eigenvalue weighted by atomic mass is 9.97. The minimum absolute atomic E-state index is 0.0526. The van der Waals surface area contributed by atoms with Crippen molar-refractivity contribution in [1.29, 1.82) is 0 Å². The summed E-state index contributed by atoms with van der Waals surface area (Å²) in [6, 6.07) is -1.05. The number of hydrogen-bond donors (Lipinski definition) is 4. The molecule has 0 aromatic carbocycles. The first-order valence-corrected chi connectivity index (χ1v) is 5.91. The van der Waals surface area contributed by atoms with Crippen LogP contribution in [0.4, 0.5) is 0 Å². The SMILES string of the molecule is CC(=O)N[C@@H]1[C@@H](O)[C@@H](O)[C@@H](COC(C)C)O[C@@H]1O. The molecule has 0 unspecified atom stereocenters. The molecule has 1 fully saturated rings. The zero-order valence-corrected chi connectivity index (χ0v) is 10.7. The average Bonchev–Trinajstić information content (AvgIpc) is 2.27. The lowest BCUT2D eigenvalue weighted by Crippen LogP contribution is -2.64. The van der Waals surface area contributed by atoms with E-state index in [1.165, 1.54) is 6.92 Å². The van der Waals surface area contributed by atoms with Crippen LogP contribution in [0.2, 0.25) is 0 Å². The Kier molecular flexibility index (Phi) is 5.48. The van der Waals surface area contributed by atoms with E-state index in [0.717, 1.165) is 0 Å². The van der Waals surface area contributed by atoms with Crippen molar-refractivity contribution in [1.82, 2.24) is 5.32 Å². The number of nitrogens with one attached hydrogen (secondary N) is 1. The van der Waals surface area contributed by atoms with Crippen LogP contribution in [-0.2, 0) is 14.3 Å². The third-order valence-electron chi connectivity index (χ3n) is 2.68. The molecule has 0 saturated carbocycles. The summed E-state index contributed by atoms with van der Waals surface area (Å²) in [7, 11) is 0. The number of rotatable bonds is 4. The first-order chi connectivity index (χ1) is 8.32. The molecule has 4 N–H and O–H groups in total. The van der Waals surface area contributed by atoms with Crippen LogP contribution in [0, 0.1) is 0 Å². The largest absolute Gasteiger partial charge is 0.388 e. The maximum absolute atomic E-state index is 10.9. The summed E-state index contributed by atoms with van der Waals surface area (Å²) in [5.41, 5.74) is 0. The molecule has 0 aromatic heterocycles. The molecule has 5 atom stereocenters. The van der Waals surface area contributed by atoms with E-state index in [1.54, 1.807) is 0 Å². The van der Waals surface area contributed by atoms with E-state index in [9.17, 15) is 20.1 Å². The molecule has 1 heterocycles. The predicted octanol–water partition coefficient (Wildman–Crippen LogP) is -1.64. The van der Waals surface area contributed by atoms with Crippen molar-refractivity contribution in [2.75, 3.05) is 6.61 Å². The van der Waals surface area contributed by atoms with Gasteiger partial charge in [0, 0.05) is 6.92 Å². The van der Waals surface area contributed by atoms with Gasteiger partial charge in [-0.1, -0.05) is 0 Å². The third kappa shape index (κ3) is 3.89. The highest BCUT2D eigenvalue weighted by atomic mass is 16.6. The highest BCUT2D eigenvalue weighted by Crippen LogP contribution is 2.20. The van der Waals surface area contributed by atoms with Gasteiger partial charge in [-0.15, -0.1) is 0 Å². The van der Waals surface area contributed by atoms with Crippen LogP contribution in [0.25, 0.3) is 0 Å². The summed E-state index contributed by atoms with van der Waals surface area (Å²) in [5, 5.41) is 31.7. The lowest BCUT2D eigenvalue weighted by molar-refractivity contribution is -0.258. The first-order valence-electron chi connectivity index (χ1n) is 5.91. The summed E-state index contributed by atoms with van der Waals surface area (Å²) in [6.45, 7) is 4.95. The molecule has 7 heteroatoms. The van der Waals surface area contributed by atoms with Gasteiger partial charge in [0.25, 0.3) is 0 Å². The van der Waals surface area contributed by atoms with Crippen LogP contribution in [0.3, 0.4) is 0 Å². The molecule has 1 saturated heterocycles. The van der Waals surface area contributed by atoms with Crippen molar-refractivity contribution in [3.8, 4) is 0 Å². The summed E-state index contributed by atoms with van der Waals surface area (Å²) in [6.07, 6.45) is -4.80. The molecule has 7 nitrogen and oxygen atoms in total. The zero-order valence-electron chi connectivity index (χ0n) is 10.7. The highest BCUT2D eigenvalue weighted by molar-refractivity contribution is 5.73. The second-order valence-corrected chi connectivity index (χ2v) is 4.65. The molecule has 0 bridgehead atoms. The highest BCUT2D eigenvalue weighted by Gasteiger charge is 2.44. The van der Waals surface area contributed by atoms with Gasteiger partial charge in [-0.3, -0.25) is 4.79 Å². The Bertz CT molecular complexity index is 285. The number of aliphatic hydroxyl groups excluding tert-OH is 3. The van der Waals surface area contributed by atoms with E-state index in [-0.39, 0.29) is 12.7 Å². The van der Waals surface area contributed by atoms with Crippen LogP contribution < -0.4 is 5.32 Å². The Balaban J connectivity index is 2.61. The molecule has 106 valence electrons. The second-order valence-electron chi connectivity index (χ2n) is 4.65. The van der Waals surface area contributed by atoms with Crippen molar-refractivity contribution in [2.45, 2.75) is 57.5 Å². The summed E-state index contributed by atoms with van der Waals surface area (Å²) in [5.74, 6) is -0.425. The molecule has 1 rings (SSSR count). The molecular formula is C11H21NO6. The Morgan fingerprint density at radius 3 is 2.44 bits per heavy atom. The molecule has 1 amide bonds. The minimum Gasteiger partial charge on any atom is -0.388 e. The number of carbonyl (C=O) groups excluding carboxylic acids is 1. The number of aliphatic hydroxyl groups is 3. The smallest absolute Gasteiger partial charge is 0.217 e. The van der Waals surface area contributed by atoms with Gasteiger partial charge in [0.15, 0.2) is 6.29 Å². The van der Waals surface area contributed by atoms with Crippen molar-refractivity contribution in [3.63, 3.8) is 0 Å². The summed E-state index contributed by atoms with van der Waals surface area (Å²) >= 11 is 0. The topological polar surface area (TPSA) is 108 Å². The van der Waals surface area contributed by atoms with Crippen LogP contribution in [-0.4, -0.2) is 64.6 Å². The fraction of sp³-hybridized carbons (Fsp3) is 0.909. The Morgan fingerprint density at radius 2 is 1.94 bits per heavy atom. The number of carbonyl (C=O) groups is 1. The van der Waals surface area contributed by atoms with E-state index in [4.69, 9.17) is 9.47 Å². The number of hydrogen-bond acceptors (Lipinski definition) is 6. The maximum atomic E-state index is 10.9. The van der Waals surface area contributed by atoms with Crippen LogP contribution in [0.15, 0.2) is 0 Å². The minimum atomic E-state index is -1.38. The van der Waals surface area contributed by atoms with Gasteiger partial charge in [0.05, 0.1) is 12.7 Å². The lowest BCUT2D eigenvalue weighted by Gasteiger charge is -2.40. The van der Waals surface area contributed by atoms with Gasteiger partial charge in [-0.05, 0) is 13.8 Å². The second kappa shape index (κ2) is 6.44. The Hall–Kier alpha value is -0.730. The van der Waals surface area contributed by atoms with Gasteiger partial charge in [-0.25, -0.2) is 0 Å². The van der Waals surface area contributed by atoms with Crippen LogP contribution in [0.1, 0.15) is 20.8 Å². The molecular weight excluding hydrogens is 242 g/mol. The maximum Gasteiger partial charge on any atom is 0.217 e. The summed E-state index contributed by atoms with van der Waals surface area (Å²) < 4.78 is 10.4. The number of ether oxygens (including phenoxy) is 2. The molecule has 0 radical (unpaired) electrons. The Morgan fingerprint density at radius 1 is 1.33 bits per heavy atom. The van der Waals surface area contributed by atoms with Crippen molar-refractivity contribution in [2.24, 2.45) is 0 Å². The predicted molar refractivity (Wildman–Crippen MR) is 61.6 cm³/mol. The van der Waals surface area contributed by atoms with Crippen molar-refractivity contribution < 1.29 is 29.6 Å². The van der Waals surface area contributed by atoms with E-state index in [2.05, 4.69) is 5.32 Å². The third-order valence-corrected chi connectivity index (χ3v) is 2.68. The first kappa shape index (κ1) is 15.3. The quantitative estimate of drug-likeness (QED) is 0.484. The van der Waals surface area contributed by atoms with Gasteiger partial charge < -0.3 is 30.1 Å². The number of amides is 1. The van der Waals surface area contributed by atoms with Gasteiger partial charge in [0.1, 0.15) is 24.4 Å². The standard InChI is InChI=1S/C11H21NO6/c1-5(2)17-4-7-9(14)10(15)8(11(16)18-7)12-6(3)13/h5,7-11,14-16H,4H2,1-3H3,(H,12,13)/t7-,8-,9+,10-,11+/m1/s1. The Labute approximate surface area is 106 Å². The van der Waals surface area contributed by atoms with Gasteiger partial charge in [0.2, 0.25) is 5.91 Å². The van der Waals surface area contributed by atoms with E-state index >= 15 is 0 Å². The molecule has 0 aliphatic carbocycles. The van der Waals surface area contributed by atoms with Crippen molar-refractivity contribution >= 4 is 5.91 Å². The van der Waals surface area contributed by atoms with E-state index in [1.807, 2.05) is 13.8 Å². The van der Waals surface area contributed by atoms with Gasteiger partial charge >= 0.3 is 0 Å². The fourth-order valence-electron chi connectivity index (χ4n) is 1.76. The monoisotopic (exact) mass is 263 g/mol. The van der Waals surface area contributed by atoms with E-state index < -0.39 is 36.6 Å². The average molecular weight is 263 g/mol. The molecule has 0 aromatic rings. The van der Waals surface area contributed by atoms with Gasteiger partial charge in [-0.2, -0.15) is 0 Å². The molecule has 0 spiro atoms. The molecule has 1 aliphatic rings. The van der Waals surface area contributed by atoms with Crippen LogP contribution in [0.5, 0.6) is 0 Å². The van der Waals surface area contributed by atoms with Crippen molar-refractivity contribution in [3.05, 3.63) is 0 Å². The van der Waals surface area contributed by atoms with Crippen LogP contribution >= 0.6 is 0 Å². The summed E-state index contributed by atoms with van der Waals surface area (Å²) in [4.78, 5) is 10.9. The van der Waals surface area contributed by atoms with E-state index in [0.29, 0.717) is 0 Å². The molecule has 18 heavy (non-hydrogen) atoms. The fourth-order valence-corrected chi connectivity index (χ4v) is 1.76. The molecule has 1 aliphatic heterocycles. The zero-order chi connectivity index (χ0) is 13.9.